The van der Waals surface area contributed by atoms with Crippen LogP contribution in [-0.4, -0.2) is 41.2 Å². The molecule has 0 aromatic rings. The van der Waals surface area contributed by atoms with Crippen molar-refractivity contribution in [3.8, 4) is 0 Å². The van der Waals surface area contributed by atoms with Gasteiger partial charge in [0, 0.05) is 12.1 Å². The molecular formula is C14H28N2O3S. The van der Waals surface area contributed by atoms with Crippen LogP contribution in [0.15, 0.2) is 0 Å². The number of carbonyl (C=O) groups excluding carboxylic acids is 1. The second kappa shape index (κ2) is 10.8. The van der Waals surface area contributed by atoms with E-state index in [1.165, 1.54) is 0 Å². The number of hydrogen-bond acceptors (Lipinski definition) is 3. The number of carboxylic acids is 1. The van der Waals surface area contributed by atoms with Gasteiger partial charge in [0.05, 0.1) is 5.92 Å². The van der Waals surface area contributed by atoms with E-state index >= 15 is 0 Å². The number of carbonyl (C=O) groups is 2. The molecule has 3 unspecified atom stereocenters. The third kappa shape index (κ3) is 9.95. The van der Waals surface area contributed by atoms with E-state index in [1.807, 2.05) is 20.1 Å². The van der Waals surface area contributed by atoms with Crippen molar-refractivity contribution < 1.29 is 14.7 Å². The number of aliphatic carboxylic acids is 1. The molecular weight excluding hydrogens is 276 g/mol. The summed E-state index contributed by atoms with van der Waals surface area (Å²) in [5, 5.41) is 14.6. The minimum Gasteiger partial charge on any atom is -0.481 e. The van der Waals surface area contributed by atoms with E-state index in [9.17, 15) is 9.59 Å². The molecule has 2 amide bonds. The third-order valence-corrected chi connectivity index (χ3v) is 3.85. The molecule has 3 atom stereocenters. The molecule has 0 bridgehead atoms. The zero-order chi connectivity index (χ0) is 15.5. The SMILES string of the molecule is CSCCC(C)NC(=O)NC(C)CCCC(C)C(=O)O. The van der Waals surface area contributed by atoms with E-state index in [0.717, 1.165) is 25.0 Å². The summed E-state index contributed by atoms with van der Waals surface area (Å²) in [5.74, 6) is -0.0436. The van der Waals surface area contributed by atoms with Crippen LogP contribution >= 0.6 is 11.8 Å². The molecule has 0 rings (SSSR count). The standard InChI is InChI=1S/C14H28N2O3S/c1-10(13(17)18)6-5-7-11(2)15-14(19)16-12(3)8-9-20-4/h10-12H,5-9H2,1-4H3,(H,17,18)(H2,15,16,19). The van der Waals surface area contributed by atoms with Crippen LogP contribution in [-0.2, 0) is 4.79 Å². The molecule has 118 valence electrons. The number of carboxylic acid groups (broad SMARTS) is 1. The van der Waals surface area contributed by atoms with Gasteiger partial charge in [-0.05, 0) is 45.1 Å². The molecule has 0 aliphatic carbocycles. The average molecular weight is 304 g/mol. The highest BCUT2D eigenvalue weighted by Gasteiger charge is 2.13. The number of urea groups is 1. The summed E-state index contributed by atoms with van der Waals surface area (Å²) in [6.45, 7) is 5.65. The first-order valence-corrected chi connectivity index (χ1v) is 8.55. The topological polar surface area (TPSA) is 78.4 Å². The Bertz CT molecular complexity index is 300. The molecule has 0 spiro atoms. The van der Waals surface area contributed by atoms with Gasteiger partial charge >= 0.3 is 12.0 Å². The van der Waals surface area contributed by atoms with E-state index in [1.54, 1.807) is 18.7 Å². The van der Waals surface area contributed by atoms with Crippen molar-refractivity contribution in [1.82, 2.24) is 10.6 Å². The van der Waals surface area contributed by atoms with E-state index in [2.05, 4.69) is 10.6 Å². The summed E-state index contributed by atoms with van der Waals surface area (Å²) < 4.78 is 0. The van der Waals surface area contributed by atoms with Crippen molar-refractivity contribution in [2.45, 2.75) is 58.5 Å². The summed E-state index contributed by atoms with van der Waals surface area (Å²) in [6.07, 6.45) is 5.25. The number of rotatable bonds is 10. The van der Waals surface area contributed by atoms with Gasteiger partial charge in [-0.25, -0.2) is 4.79 Å². The molecule has 0 saturated carbocycles. The molecule has 0 aromatic heterocycles. The van der Waals surface area contributed by atoms with Crippen molar-refractivity contribution in [1.29, 1.82) is 0 Å². The van der Waals surface area contributed by atoms with Gasteiger partial charge in [0.25, 0.3) is 0 Å². The lowest BCUT2D eigenvalue weighted by Gasteiger charge is -2.18. The highest BCUT2D eigenvalue weighted by atomic mass is 32.2. The predicted molar refractivity (Wildman–Crippen MR) is 84.2 cm³/mol. The number of hydrogen-bond donors (Lipinski definition) is 3. The average Bonchev–Trinajstić information content (AvgIpc) is 2.35. The van der Waals surface area contributed by atoms with Crippen molar-refractivity contribution in [3.05, 3.63) is 0 Å². The molecule has 0 fully saturated rings. The summed E-state index contributed by atoms with van der Waals surface area (Å²) in [5.41, 5.74) is 0. The monoisotopic (exact) mass is 304 g/mol. The van der Waals surface area contributed by atoms with Crippen molar-refractivity contribution in [3.63, 3.8) is 0 Å². The molecule has 5 nitrogen and oxygen atoms in total. The lowest BCUT2D eigenvalue weighted by Crippen LogP contribution is -2.44. The van der Waals surface area contributed by atoms with Crippen LogP contribution < -0.4 is 10.6 Å². The normalized spacial score (nSPS) is 15.2. The number of nitrogens with one attached hydrogen (secondary N) is 2. The van der Waals surface area contributed by atoms with Gasteiger partial charge in [-0.15, -0.1) is 0 Å². The van der Waals surface area contributed by atoms with Crippen molar-refractivity contribution in [2.24, 2.45) is 5.92 Å². The maximum atomic E-state index is 11.7. The smallest absolute Gasteiger partial charge is 0.315 e. The first kappa shape index (κ1) is 19.1. The molecule has 6 heteroatoms. The fraction of sp³-hybridized carbons (Fsp3) is 0.857. The first-order chi connectivity index (χ1) is 9.36. The van der Waals surface area contributed by atoms with Gasteiger partial charge in [0.1, 0.15) is 0 Å². The summed E-state index contributed by atoms with van der Waals surface area (Å²) >= 11 is 1.77. The summed E-state index contributed by atoms with van der Waals surface area (Å²) in [6, 6.07) is 0.0859. The largest absolute Gasteiger partial charge is 0.481 e. The predicted octanol–water partition coefficient (Wildman–Crippen LogP) is 2.71. The van der Waals surface area contributed by atoms with Crippen molar-refractivity contribution >= 4 is 23.8 Å². The van der Waals surface area contributed by atoms with E-state index in [0.29, 0.717) is 6.42 Å². The van der Waals surface area contributed by atoms with Crippen LogP contribution in [0.2, 0.25) is 0 Å². The quantitative estimate of drug-likeness (QED) is 0.580. The number of amides is 2. The molecule has 0 radical (unpaired) electrons. The van der Waals surface area contributed by atoms with E-state index in [4.69, 9.17) is 5.11 Å². The van der Waals surface area contributed by atoms with Gasteiger partial charge in [-0.2, -0.15) is 11.8 Å². The zero-order valence-electron chi connectivity index (χ0n) is 12.9. The second-order valence-electron chi connectivity index (χ2n) is 5.37. The molecule has 0 aliphatic rings. The minimum atomic E-state index is -0.758. The maximum Gasteiger partial charge on any atom is 0.315 e. The van der Waals surface area contributed by atoms with Crippen LogP contribution in [0.5, 0.6) is 0 Å². The zero-order valence-corrected chi connectivity index (χ0v) is 13.8. The molecule has 0 saturated heterocycles. The van der Waals surface area contributed by atoms with Gasteiger partial charge in [-0.3, -0.25) is 4.79 Å². The van der Waals surface area contributed by atoms with Crippen molar-refractivity contribution in [2.75, 3.05) is 12.0 Å². The molecule has 0 aromatic carbocycles. The Hall–Kier alpha value is -0.910. The minimum absolute atomic E-state index is 0.0590. The fourth-order valence-electron chi connectivity index (χ4n) is 1.78. The Labute approximate surface area is 126 Å². The fourth-order valence-corrected chi connectivity index (χ4v) is 2.37. The molecule has 20 heavy (non-hydrogen) atoms. The van der Waals surface area contributed by atoms with Gasteiger partial charge in [-0.1, -0.05) is 13.3 Å². The lowest BCUT2D eigenvalue weighted by atomic mass is 10.0. The van der Waals surface area contributed by atoms with E-state index in [-0.39, 0.29) is 24.0 Å². The Kier molecular flexibility index (Phi) is 10.3. The molecule has 0 heterocycles. The Morgan fingerprint density at radius 3 is 2.10 bits per heavy atom. The third-order valence-electron chi connectivity index (χ3n) is 3.21. The van der Waals surface area contributed by atoms with Crippen LogP contribution in [0.25, 0.3) is 0 Å². The second-order valence-corrected chi connectivity index (χ2v) is 6.36. The van der Waals surface area contributed by atoms with Gasteiger partial charge in [0.15, 0.2) is 0 Å². The van der Waals surface area contributed by atoms with E-state index < -0.39 is 5.97 Å². The maximum absolute atomic E-state index is 11.7. The highest BCUT2D eigenvalue weighted by molar-refractivity contribution is 7.98. The summed E-state index contributed by atoms with van der Waals surface area (Å²) in [7, 11) is 0. The van der Waals surface area contributed by atoms with Crippen LogP contribution in [0.3, 0.4) is 0 Å². The van der Waals surface area contributed by atoms with Gasteiger partial charge < -0.3 is 15.7 Å². The molecule has 3 N–H and O–H groups in total. The first-order valence-electron chi connectivity index (χ1n) is 7.15. The Morgan fingerprint density at radius 2 is 1.60 bits per heavy atom. The van der Waals surface area contributed by atoms with Gasteiger partial charge in [0.2, 0.25) is 0 Å². The highest BCUT2D eigenvalue weighted by Crippen LogP contribution is 2.09. The number of thioether (sulfide) groups is 1. The summed E-state index contributed by atoms with van der Waals surface area (Å²) in [4.78, 5) is 22.4. The van der Waals surface area contributed by atoms with Crippen LogP contribution in [0, 0.1) is 5.92 Å². The molecule has 0 aliphatic heterocycles. The van der Waals surface area contributed by atoms with Crippen LogP contribution in [0.1, 0.15) is 46.5 Å². The Balaban J connectivity index is 3.76. The lowest BCUT2D eigenvalue weighted by molar-refractivity contribution is -0.141. The Morgan fingerprint density at radius 1 is 1.05 bits per heavy atom. The van der Waals surface area contributed by atoms with Crippen LogP contribution in [0.4, 0.5) is 4.79 Å².